The molecule has 4 rings (SSSR count). The van der Waals surface area contributed by atoms with E-state index in [4.69, 9.17) is 0 Å². The second kappa shape index (κ2) is 9.63. The molecule has 3 aliphatic rings. The van der Waals surface area contributed by atoms with Gasteiger partial charge in [0.05, 0.1) is 6.54 Å². The van der Waals surface area contributed by atoms with E-state index in [9.17, 15) is 14.4 Å². The lowest BCUT2D eigenvalue weighted by atomic mass is 9.89. The van der Waals surface area contributed by atoms with Crippen molar-refractivity contribution in [1.29, 1.82) is 0 Å². The Bertz CT molecular complexity index is 764. The number of amides is 3. The zero-order valence-electron chi connectivity index (χ0n) is 17.8. The zero-order chi connectivity index (χ0) is 20.9. The van der Waals surface area contributed by atoms with Crippen molar-refractivity contribution in [2.24, 2.45) is 5.92 Å². The van der Waals surface area contributed by atoms with Gasteiger partial charge in [-0.2, -0.15) is 0 Å². The first kappa shape index (κ1) is 20.9. The minimum absolute atomic E-state index is 0.0961. The molecule has 0 radical (unpaired) electrons. The maximum atomic E-state index is 12.5. The van der Waals surface area contributed by atoms with Crippen molar-refractivity contribution in [3.05, 3.63) is 35.4 Å². The summed E-state index contributed by atoms with van der Waals surface area (Å²) in [4.78, 5) is 39.7. The summed E-state index contributed by atoms with van der Waals surface area (Å²) in [6.07, 6.45) is 8.14. The molecule has 1 saturated carbocycles. The van der Waals surface area contributed by atoms with Gasteiger partial charge in [0.25, 0.3) is 0 Å². The lowest BCUT2D eigenvalue weighted by Crippen LogP contribution is -2.44. The first-order chi connectivity index (χ1) is 14.6. The molecule has 0 spiro atoms. The van der Waals surface area contributed by atoms with Crippen LogP contribution in [0.4, 0.5) is 0 Å². The Morgan fingerprint density at radius 3 is 2.30 bits per heavy atom. The van der Waals surface area contributed by atoms with E-state index in [-0.39, 0.29) is 24.3 Å². The number of rotatable bonds is 8. The molecule has 30 heavy (non-hydrogen) atoms. The van der Waals surface area contributed by atoms with Gasteiger partial charge in [-0.25, -0.2) is 0 Å². The zero-order valence-corrected chi connectivity index (χ0v) is 17.8. The molecule has 1 aromatic rings. The Labute approximate surface area is 179 Å². The van der Waals surface area contributed by atoms with Gasteiger partial charge in [-0.1, -0.05) is 24.3 Å². The third kappa shape index (κ3) is 5.83. The quantitative estimate of drug-likeness (QED) is 0.714. The van der Waals surface area contributed by atoms with Gasteiger partial charge in [0.15, 0.2) is 0 Å². The lowest BCUT2D eigenvalue weighted by molar-refractivity contribution is -0.139. The number of likely N-dealkylation sites (tertiary alicyclic amines) is 2. The Balaban J connectivity index is 1.17. The highest BCUT2D eigenvalue weighted by atomic mass is 16.2. The fourth-order valence-electron chi connectivity index (χ4n) is 4.48. The van der Waals surface area contributed by atoms with Crippen molar-refractivity contribution >= 4 is 17.7 Å². The van der Waals surface area contributed by atoms with Crippen LogP contribution in [0.25, 0.3) is 0 Å². The first-order valence-corrected chi connectivity index (χ1v) is 11.5. The van der Waals surface area contributed by atoms with Crippen LogP contribution in [-0.2, 0) is 27.2 Å². The Morgan fingerprint density at radius 1 is 0.967 bits per heavy atom. The molecule has 2 heterocycles. The maximum Gasteiger partial charge on any atom is 0.242 e. The summed E-state index contributed by atoms with van der Waals surface area (Å²) in [5, 5.41) is 3.04. The number of hydrogen-bond donors (Lipinski definition) is 1. The molecular formula is C24H33N3O3. The highest BCUT2D eigenvalue weighted by Gasteiger charge is 2.27. The SMILES string of the molecule is O=C(CCc1ccc(CC2CCN(C(=O)CN3CCCC3=O)CC2)cc1)NC1CC1. The van der Waals surface area contributed by atoms with Crippen molar-refractivity contribution in [3.63, 3.8) is 0 Å². The summed E-state index contributed by atoms with van der Waals surface area (Å²) in [6.45, 7) is 2.56. The van der Waals surface area contributed by atoms with Gasteiger partial charge in [0, 0.05) is 38.5 Å². The molecule has 0 bridgehead atoms. The molecule has 0 atom stereocenters. The van der Waals surface area contributed by atoms with E-state index in [0.29, 0.717) is 24.8 Å². The molecule has 2 saturated heterocycles. The van der Waals surface area contributed by atoms with E-state index in [0.717, 1.165) is 64.6 Å². The van der Waals surface area contributed by atoms with Crippen LogP contribution in [0, 0.1) is 5.92 Å². The van der Waals surface area contributed by atoms with Crippen LogP contribution in [0.5, 0.6) is 0 Å². The number of hydrogen-bond acceptors (Lipinski definition) is 3. The summed E-state index contributed by atoms with van der Waals surface area (Å²) < 4.78 is 0. The van der Waals surface area contributed by atoms with Gasteiger partial charge in [0.1, 0.15) is 0 Å². The average Bonchev–Trinajstić information content (AvgIpc) is 3.48. The predicted octanol–water partition coefficient (Wildman–Crippen LogP) is 2.30. The molecule has 0 unspecified atom stereocenters. The van der Waals surface area contributed by atoms with Crippen LogP contribution in [0.1, 0.15) is 56.1 Å². The number of nitrogens with one attached hydrogen (secondary N) is 1. The number of carbonyl (C=O) groups excluding carboxylic acids is 3. The van der Waals surface area contributed by atoms with E-state index in [1.807, 2.05) is 4.90 Å². The molecule has 6 heteroatoms. The van der Waals surface area contributed by atoms with Crippen LogP contribution < -0.4 is 5.32 Å². The molecule has 3 fully saturated rings. The highest BCUT2D eigenvalue weighted by molar-refractivity contribution is 5.85. The minimum Gasteiger partial charge on any atom is -0.353 e. The van der Waals surface area contributed by atoms with Gasteiger partial charge in [-0.05, 0) is 62.0 Å². The van der Waals surface area contributed by atoms with Gasteiger partial charge < -0.3 is 15.1 Å². The van der Waals surface area contributed by atoms with Crippen LogP contribution >= 0.6 is 0 Å². The van der Waals surface area contributed by atoms with E-state index in [1.54, 1.807) is 4.90 Å². The van der Waals surface area contributed by atoms with Crippen LogP contribution in [0.3, 0.4) is 0 Å². The van der Waals surface area contributed by atoms with Gasteiger partial charge in [0.2, 0.25) is 17.7 Å². The topological polar surface area (TPSA) is 69.7 Å². The van der Waals surface area contributed by atoms with Crippen molar-refractivity contribution in [3.8, 4) is 0 Å². The van der Waals surface area contributed by atoms with E-state index >= 15 is 0 Å². The smallest absolute Gasteiger partial charge is 0.242 e. The Morgan fingerprint density at radius 2 is 1.67 bits per heavy atom. The van der Waals surface area contributed by atoms with Crippen molar-refractivity contribution in [2.45, 2.75) is 63.8 Å². The number of aryl methyl sites for hydroxylation is 1. The molecule has 162 valence electrons. The van der Waals surface area contributed by atoms with E-state index in [2.05, 4.69) is 29.6 Å². The molecular weight excluding hydrogens is 378 g/mol. The van der Waals surface area contributed by atoms with Gasteiger partial charge in [-0.3, -0.25) is 14.4 Å². The Hall–Kier alpha value is -2.37. The third-order valence-electron chi connectivity index (χ3n) is 6.60. The normalized spacial score (nSPS) is 19.9. The maximum absolute atomic E-state index is 12.5. The summed E-state index contributed by atoms with van der Waals surface area (Å²) in [5.41, 5.74) is 2.54. The fourth-order valence-corrected chi connectivity index (χ4v) is 4.48. The van der Waals surface area contributed by atoms with Crippen LogP contribution in [0.15, 0.2) is 24.3 Å². The molecule has 1 aromatic carbocycles. The van der Waals surface area contributed by atoms with Crippen molar-refractivity contribution in [1.82, 2.24) is 15.1 Å². The minimum atomic E-state index is 0.0961. The number of nitrogens with zero attached hydrogens (tertiary/aromatic N) is 2. The van der Waals surface area contributed by atoms with E-state index in [1.165, 1.54) is 11.1 Å². The monoisotopic (exact) mass is 411 g/mol. The van der Waals surface area contributed by atoms with E-state index < -0.39 is 0 Å². The second-order valence-corrected chi connectivity index (χ2v) is 9.11. The molecule has 6 nitrogen and oxygen atoms in total. The molecule has 3 amide bonds. The number of piperidine rings is 1. The predicted molar refractivity (Wildman–Crippen MR) is 115 cm³/mol. The Kier molecular flexibility index (Phi) is 6.70. The summed E-state index contributed by atoms with van der Waals surface area (Å²) in [7, 11) is 0. The number of carbonyl (C=O) groups is 3. The highest BCUT2D eigenvalue weighted by Crippen LogP contribution is 2.23. The van der Waals surface area contributed by atoms with Crippen LogP contribution in [-0.4, -0.2) is 59.7 Å². The lowest BCUT2D eigenvalue weighted by Gasteiger charge is -2.33. The average molecular weight is 412 g/mol. The molecule has 2 aliphatic heterocycles. The molecule has 1 N–H and O–H groups in total. The first-order valence-electron chi connectivity index (χ1n) is 11.5. The third-order valence-corrected chi connectivity index (χ3v) is 6.60. The summed E-state index contributed by atoms with van der Waals surface area (Å²) in [5.74, 6) is 0.971. The van der Waals surface area contributed by atoms with Crippen molar-refractivity contribution in [2.75, 3.05) is 26.2 Å². The van der Waals surface area contributed by atoms with Gasteiger partial charge in [-0.15, -0.1) is 0 Å². The summed E-state index contributed by atoms with van der Waals surface area (Å²) in [6, 6.07) is 9.09. The standard InChI is InChI=1S/C24H33N3O3/c28-22(25-21-8-9-21)10-7-18-3-5-19(6-4-18)16-20-11-14-26(15-12-20)24(30)17-27-13-1-2-23(27)29/h3-6,20-21H,1-2,7-17H2,(H,25,28). The second-order valence-electron chi connectivity index (χ2n) is 9.11. The van der Waals surface area contributed by atoms with Crippen LogP contribution in [0.2, 0.25) is 0 Å². The fraction of sp³-hybridized carbons (Fsp3) is 0.625. The summed E-state index contributed by atoms with van der Waals surface area (Å²) >= 11 is 0. The molecule has 1 aliphatic carbocycles. The van der Waals surface area contributed by atoms with Crippen molar-refractivity contribution < 1.29 is 14.4 Å². The number of benzene rings is 1. The molecule has 0 aromatic heterocycles. The largest absolute Gasteiger partial charge is 0.353 e. The van der Waals surface area contributed by atoms with Gasteiger partial charge >= 0.3 is 0 Å².